The van der Waals surface area contributed by atoms with E-state index in [0.29, 0.717) is 18.9 Å². The van der Waals surface area contributed by atoms with Gasteiger partial charge in [-0.3, -0.25) is 4.79 Å². The Balaban J connectivity index is 2.17. The fourth-order valence-electron chi connectivity index (χ4n) is 2.85. The summed E-state index contributed by atoms with van der Waals surface area (Å²) in [5.41, 5.74) is 9.77. The van der Waals surface area contributed by atoms with Gasteiger partial charge in [0, 0.05) is 6.04 Å². The van der Waals surface area contributed by atoms with Crippen LogP contribution in [0.15, 0.2) is 18.2 Å². The summed E-state index contributed by atoms with van der Waals surface area (Å²) >= 11 is 0. The monoisotopic (exact) mass is 261 g/mol. The highest BCUT2D eigenvalue weighted by atomic mass is 16.5. The van der Waals surface area contributed by atoms with Crippen LogP contribution >= 0.6 is 0 Å². The summed E-state index contributed by atoms with van der Waals surface area (Å²) in [6.45, 7) is 4.31. The second-order valence-corrected chi connectivity index (χ2v) is 5.35. The molecule has 1 aliphatic carbocycles. The molecule has 0 bridgehead atoms. The molecule has 0 aliphatic heterocycles. The Kier molecular flexibility index (Phi) is 4.59. The van der Waals surface area contributed by atoms with Gasteiger partial charge >= 0.3 is 5.97 Å². The quantitative estimate of drug-likeness (QED) is 0.847. The second kappa shape index (κ2) is 6.20. The van der Waals surface area contributed by atoms with Gasteiger partial charge in [-0.2, -0.15) is 0 Å². The maximum Gasteiger partial charge on any atom is 0.306 e. The third-order valence-corrected chi connectivity index (χ3v) is 3.85. The van der Waals surface area contributed by atoms with Gasteiger partial charge in [0.15, 0.2) is 0 Å². The number of carbonyl (C=O) groups excluding carboxylic acids is 1. The second-order valence-electron chi connectivity index (χ2n) is 5.35. The standard InChI is InChI=1S/C16H23NO2/c1-3-19-16(18)10-14-6-4-5-13-9-12(11(2)17)7-8-15(13)14/h7-9,11,14H,3-6,10,17H2,1-2H3. The number of benzene rings is 1. The third kappa shape index (κ3) is 3.35. The maximum absolute atomic E-state index is 11.7. The zero-order valence-electron chi connectivity index (χ0n) is 11.8. The highest BCUT2D eigenvalue weighted by Gasteiger charge is 2.23. The van der Waals surface area contributed by atoms with Gasteiger partial charge in [-0.15, -0.1) is 0 Å². The fourth-order valence-corrected chi connectivity index (χ4v) is 2.85. The number of hydrogen-bond acceptors (Lipinski definition) is 3. The summed E-state index contributed by atoms with van der Waals surface area (Å²) in [5.74, 6) is 0.224. The topological polar surface area (TPSA) is 52.3 Å². The molecule has 1 aliphatic rings. The van der Waals surface area contributed by atoms with Crippen LogP contribution < -0.4 is 5.73 Å². The number of fused-ring (bicyclic) bond motifs is 1. The largest absolute Gasteiger partial charge is 0.466 e. The van der Waals surface area contributed by atoms with Crippen molar-refractivity contribution < 1.29 is 9.53 Å². The van der Waals surface area contributed by atoms with E-state index in [2.05, 4.69) is 18.2 Å². The number of aryl methyl sites for hydroxylation is 1. The van der Waals surface area contributed by atoms with Crippen molar-refractivity contribution in [2.45, 2.75) is 51.5 Å². The average Bonchev–Trinajstić information content (AvgIpc) is 2.38. The zero-order chi connectivity index (χ0) is 13.8. The highest BCUT2D eigenvalue weighted by molar-refractivity contribution is 5.70. The molecule has 19 heavy (non-hydrogen) atoms. The van der Waals surface area contributed by atoms with E-state index in [1.165, 1.54) is 16.7 Å². The Morgan fingerprint density at radius 2 is 2.32 bits per heavy atom. The van der Waals surface area contributed by atoms with Crippen LogP contribution in [0.3, 0.4) is 0 Å². The normalized spacial score (nSPS) is 19.6. The number of nitrogens with two attached hydrogens (primary N) is 1. The minimum absolute atomic E-state index is 0.0655. The first-order valence-electron chi connectivity index (χ1n) is 7.15. The predicted octanol–water partition coefficient (Wildman–Crippen LogP) is 3.08. The van der Waals surface area contributed by atoms with E-state index in [1.54, 1.807) is 0 Å². The van der Waals surface area contributed by atoms with Crippen molar-refractivity contribution >= 4 is 5.97 Å². The first-order chi connectivity index (χ1) is 9.11. The van der Waals surface area contributed by atoms with Gasteiger partial charge in [0.1, 0.15) is 0 Å². The highest BCUT2D eigenvalue weighted by Crippen LogP contribution is 2.35. The Bertz CT molecular complexity index is 454. The first kappa shape index (κ1) is 14.1. The van der Waals surface area contributed by atoms with E-state index >= 15 is 0 Å². The number of esters is 1. The lowest BCUT2D eigenvalue weighted by atomic mass is 9.80. The van der Waals surface area contributed by atoms with Crippen molar-refractivity contribution in [3.05, 3.63) is 34.9 Å². The number of ether oxygens (including phenoxy) is 1. The molecule has 3 nitrogen and oxygen atoms in total. The maximum atomic E-state index is 11.7. The van der Waals surface area contributed by atoms with E-state index in [-0.39, 0.29) is 12.0 Å². The first-order valence-corrected chi connectivity index (χ1v) is 7.15. The molecule has 0 saturated heterocycles. The van der Waals surface area contributed by atoms with Gasteiger partial charge in [0.2, 0.25) is 0 Å². The van der Waals surface area contributed by atoms with Crippen LogP contribution in [-0.2, 0) is 16.0 Å². The molecule has 1 aromatic carbocycles. The van der Waals surface area contributed by atoms with Gasteiger partial charge in [-0.25, -0.2) is 0 Å². The van der Waals surface area contributed by atoms with Crippen molar-refractivity contribution in [2.24, 2.45) is 5.73 Å². The van der Waals surface area contributed by atoms with E-state index in [0.717, 1.165) is 19.3 Å². The van der Waals surface area contributed by atoms with Crippen LogP contribution in [0.1, 0.15) is 61.8 Å². The van der Waals surface area contributed by atoms with Gasteiger partial charge in [-0.1, -0.05) is 18.2 Å². The number of rotatable bonds is 4. The molecule has 0 heterocycles. The van der Waals surface area contributed by atoms with Crippen molar-refractivity contribution in [2.75, 3.05) is 6.61 Å². The lowest BCUT2D eigenvalue weighted by Crippen LogP contribution is -2.16. The van der Waals surface area contributed by atoms with Crippen LogP contribution in [0.5, 0.6) is 0 Å². The molecule has 0 fully saturated rings. The molecule has 1 aromatic rings. The van der Waals surface area contributed by atoms with Crippen molar-refractivity contribution in [1.82, 2.24) is 0 Å². The SMILES string of the molecule is CCOC(=O)CC1CCCc2cc(C(C)N)ccc21. The molecular weight excluding hydrogens is 238 g/mol. The summed E-state index contributed by atoms with van der Waals surface area (Å²) in [4.78, 5) is 11.7. The third-order valence-electron chi connectivity index (χ3n) is 3.85. The molecule has 0 radical (unpaired) electrons. The molecule has 2 rings (SSSR count). The predicted molar refractivity (Wildman–Crippen MR) is 76.0 cm³/mol. The van der Waals surface area contributed by atoms with Crippen LogP contribution in [0.4, 0.5) is 0 Å². The molecule has 0 saturated carbocycles. The van der Waals surface area contributed by atoms with Crippen LogP contribution in [0.2, 0.25) is 0 Å². The summed E-state index contributed by atoms with van der Waals surface area (Å²) in [6.07, 6.45) is 3.80. The van der Waals surface area contributed by atoms with Gasteiger partial charge in [-0.05, 0) is 55.7 Å². The summed E-state index contributed by atoms with van der Waals surface area (Å²) in [5, 5.41) is 0. The Hall–Kier alpha value is -1.35. The average molecular weight is 261 g/mol. The van der Waals surface area contributed by atoms with Gasteiger partial charge in [0.05, 0.1) is 13.0 Å². The van der Waals surface area contributed by atoms with E-state index in [1.807, 2.05) is 13.8 Å². The molecule has 3 heteroatoms. The van der Waals surface area contributed by atoms with E-state index in [4.69, 9.17) is 10.5 Å². The van der Waals surface area contributed by atoms with Crippen molar-refractivity contribution in [3.8, 4) is 0 Å². The van der Waals surface area contributed by atoms with E-state index < -0.39 is 0 Å². The summed E-state index contributed by atoms with van der Waals surface area (Å²) in [7, 11) is 0. The molecule has 2 atom stereocenters. The number of carbonyl (C=O) groups is 1. The van der Waals surface area contributed by atoms with Crippen molar-refractivity contribution in [3.63, 3.8) is 0 Å². The molecule has 2 N–H and O–H groups in total. The van der Waals surface area contributed by atoms with Crippen molar-refractivity contribution in [1.29, 1.82) is 0 Å². The molecule has 0 spiro atoms. The molecular formula is C16H23NO2. The van der Waals surface area contributed by atoms with Crippen LogP contribution in [0.25, 0.3) is 0 Å². The lowest BCUT2D eigenvalue weighted by Gasteiger charge is -2.26. The zero-order valence-corrected chi connectivity index (χ0v) is 11.8. The minimum Gasteiger partial charge on any atom is -0.466 e. The molecule has 0 aromatic heterocycles. The molecule has 104 valence electrons. The smallest absolute Gasteiger partial charge is 0.306 e. The van der Waals surface area contributed by atoms with Crippen LogP contribution in [-0.4, -0.2) is 12.6 Å². The van der Waals surface area contributed by atoms with Crippen LogP contribution in [0, 0.1) is 0 Å². The van der Waals surface area contributed by atoms with Gasteiger partial charge < -0.3 is 10.5 Å². The molecule has 2 unspecified atom stereocenters. The lowest BCUT2D eigenvalue weighted by molar-refractivity contribution is -0.143. The molecule has 0 amide bonds. The fraction of sp³-hybridized carbons (Fsp3) is 0.562. The van der Waals surface area contributed by atoms with E-state index in [9.17, 15) is 4.79 Å². The minimum atomic E-state index is -0.0865. The van der Waals surface area contributed by atoms with Gasteiger partial charge in [0.25, 0.3) is 0 Å². The Labute approximate surface area is 115 Å². The summed E-state index contributed by atoms with van der Waals surface area (Å²) in [6, 6.07) is 6.51. The Morgan fingerprint density at radius 1 is 1.53 bits per heavy atom. The summed E-state index contributed by atoms with van der Waals surface area (Å²) < 4.78 is 5.06. The number of hydrogen-bond donors (Lipinski definition) is 1. The Morgan fingerprint density at radius 3 is 3.00 bits per heavy atom.